The topological polar surface area (TPSA) is 107 Å². The number of carbonyl (C=O) groups is 3. The first-order valence-corrected chi connectivity index (χ1v) is 10.6. The molecule has 2 heterocycles. The molecule has 4 rings (SSSR count). The van der Waals surface area contributed by atoms with Crippen LogP contribution in [0, 0.1) is 5.92 Å². The summed E-state index contributed by atoms with van der Waals surface area (Å²) in [6.45, 7) is 0.980. The van der Waals surface area contributed by atoms with Gasteiger partial charge in [0.05, 0.1) is 18.0 Å². The maximum atomic E-state index is 12.6. The van der Waals surface area contributed by atoms with Crippen LogP contribution < -0.4 is 10.9 Å². The second-order valence-corrected chi connectivity index (χ2v) is 7.82. The van der Waals surface area contributed by atoms with Crippen molar-refractivity contribution in [3.63, 3.8) is 0 Å². The predicted molar refractivity (Wildman–Crippen MR) is 119 cm³/mol. The lowest BCUT2D eigenvalue weighted by molar-refractivity contribution is -0.135. The second-order valence-electron chi connectivity index (χ2n) is 7.82. The van der Waals surface area contributed by atoms with Gasteiger partial charge in [-0.1, -0.05) is 60.7 Å². The van der Waals surface area contributed by atoms with Gasteiger partial charge in [0.1, 0.15) is 5.69 Å². The number of nitrogens with zero attached hydrogens (tertiary/aromatic N) is 2. The molecule has 0 spiro atoms. The molecule has 3 aromatic rings. The van der Waals surface area contributed by atoms with E-state index in [0.717, 1.165) is 17.5 Å². The lowest BCUT2D eigenvalue weighted by Gasteiger charge is -2.32. The fourth-order valence-electron chi connectivity index (χ4n) is 3.78. The van der Waals surface area contributed by atoms with Crippen molar-refractivity contribution in [2.75, 3.05) is 13.1 Å². The highest BCUT2D eigenvalue weighted by Crippen LogP contribution is 2.18. The third kappa shape index (κ3) is 5.21. The van der Waals surface area contributed by atoms with Gasteiger partial charge in [-0.2, -0.15) is 5.10 Å². The zero-order valence-electron chi connectivity index (χ0n) is 17.6. The minimum atomic E-state index is -0.485. The number of likely N-dealkylation sites (tertiary alicyclic amines) is 1. The van der Waals surface area contributed by atoms with Gasteiger partial charge in [-0.05, 0) is 24.5 Å². The van der Waals surface area contributed by atoms with E-state index in [-0.39, 0.29) is 23.4 Å². The Labute approximate surface area is 186 Å². The summed E-state index contributed by atoms with van der Waals surface area (Å²) in [5.74, 6) is -1.16. The SMILES string of the molecule is O=C(NNC(=O)C1CCCN(C(=O)Cc2ccccc2)C1)c1cc(-c2ccccc2)n[nH]1. The fraction of sp³-hybridized carbons (Fsp3) is 0.250. The first-order chi connectivity index (χ1) is 15.6. The Bertz CT molecular complexity index is 1080. The van der Waals surface area contributed by atoms with Crippen LogP contribution in [0.2, 0.25) is 0 Å². The number of piperidine rings is 1. The molecule has 0 bridgehead atoms. The van der Waals surface area contributed by atoms with Gasteiger partial charge in [0.2, 0.25) is 11.8 Å². The molecule has 0 aliphatic carbocycles. The van der Waals surface area contributed by atoms with Crippen LogP contribution in [0.1, 0.15) is 28.9 Å². The number of aromatic amines is 1. The van der Waals surface area contributed by atoms with E-state index in [4.69, 9.17) is 0 Å². The second kappa shape index (κ2) is 9.91. The lowest BCUT2D eigenvalue weighted by Crippen LogP contribution is -2.50. The summed E-state index contributed by atoms with van der Waals surface area (Å²) < 4.78 is 0. The molecule has 1 fully saturated rings. The molecule has 1 aliphatic heterocycles. The van der Waals surface area contributed by atoms with Gasteiger partial charge < -0.3 is 4.90 Å². The fourth-order valence-corrected chi connectivity index (χ4v) is 3.78. The number of hydrazine groups is 1. The molecular weight excluding hydrogens is 406 g/mol. The standard InChI is InChI=1S/C24H25N5O3/c30-22(14-17-8-3-1-4-9-17)29-13-7-12-19(16-29)23(31)27-28-24(32)21-15-20(25-26-21)18-10-5-2-6-11-18/h1-6,8-11,15,19H,7,12-14,16H2,(H,25,26)(H,27,31)(H,28,32). The predicted octanol–water partition coefficient (Wildman–Crippen LogP) is 2.32. The molecule has 3 N–H and O–H groups in total. The van der Waals surface area contributed by atoms with E-state index in [9.17, 15) is 14.4 Å². The smallest absolute Gasteiger partial charge is 0.287 e. The minimum absolute atomic E-state index is 0.00337. The van der Waals surface area contributed by atoms with Crippen molar-refractivity contribution in [2.24, 2.45) is 5.92 Å². The third-order valence-electron chi connectivity index (χ3n) is 5.53. The van der Waals surface area contributed by atoms with Gasteiger partial charge >= 0.3 is 0 Å². The Morgan fingerprint density at radius 1 is 1.00 bits per heavy atom. The van der Waals surface area contributed by atoms with Gasteiger partial charge in [-0.25, -0.2) is 0 Å². The van der Waals surface area contributed by atoms with Crippen molar-refractivity contribution < 1.29 is 14.4 Å². The molecular formula is C24H25N5O3. The number of aromatic nitrogens is 2. The van der Waals surface area contributed by atoms with E-state index in [1.807, 2.05) is 60.7 Å². The molecule has 1 saturated heterocycles. The summed E-state index contributed by atoms with van der Waals surface area (Å²) in [7, 11) is 0. The Morgan fingerprint density at radius 2 is 1.72 bits per heavy atom. The van der Waals surface area contributed by atoms with Crippen molar-refractivity contribution in [3.05, 3.63) is 78.0 Å². The Morgan fingerprint density at radius 3 is 2.47 bits per heavy atom. The van der Waals surface area contributed by atoms with Gasteiger partial charge in [-0.3, -0.25) is 30.3 Å². The average molecular weight is 431 g/mol. The molecule has 3 amide bonds. The number of amides is 3. The van der Waals surface area contributed by atoms with Crippen LogP contribution in [0.3, 0.4) is 0 Å². The van der Waals surface area contributed by atoms with Crippen LogP contribution in [0.5, 0.6) is 0 Å². The molecule has 164 valence electrons. The van der Waals surface area contributed by atoms with Crippen molar-refractivity contribution in [3.8, 4) is 11.3 Å². The van der Waals surface area contributed by atoms with Crippen LogP contribution in [0.4, 0.5) is 0 Å². The summed E-state index contributed by atoms with van der Waals surface area (Å²) in [4.78, 5) is 39.3. The first kappa shape index (κ1) is 21.3. The largest absolute Gasteiger partial charge is 0.342 e. The van der Waals surface area contributed by atoms with E-state index in [1.54, 1.807) is 11.0 Å². The normalized spacial score (nSPS) is 15.8. The molecule has 1 atom stereocenters. The van der Waals surface area contributed by atoms with Crippen LogP contribution in [0.25, 0.3) is 11.3 Å². The third-order valence-corrected chi connectivity index (χ3v) is 5.53. The average Bonchev–Trinajstić information content (AvgIpc) is 3.34. The maximum absolute atomic E-state index is 12.6. The Hall–Kier alpha value is -3.94. The molecule has 32 heavy (non-hydrogen) atoms. The van der Waals surface area contributed by atoms with E-state index in [0.29, 0.717) is 31.6 Å². The molecule has 2 aromatic carbocycles. The Balaban J connectivity index is 1.28. The molecule has 1 unspecified atom stereocenters. The first-order valence-electron chi connectivity index (χ1n) is 10.6. The number of benzene rings is 2. The van der Waals surface area contributed by atoms with Gasteiger partial charge in [0, 0.05) is 18.7 Å². The van der Waals surface area contributed by atoms with Gasteiger partial charge in [0.15, 0.2) is 0 Å². The van der Waals surface area contributed by atoms with E-state index >= 15 is 0 Å². The van der Waals surface area contributed by atoms with Crippen molar-refractivity contribution in [1.29, 1.82) is 0 Å². The molecule has 0 radical (unpaired) electrons. The van der Waals surface area contributed by atoms with Crippen LogP contribution in [-0.2, 0) is 16.0 Å². The van der Waals surface area contributed by atoms with E-state index in [2.05, 4.69) is 21.0 Å². The van der Waals surface area contributed by atoms with E-state index < -0.39 is 5.91 Å². The van der Waals surface area contributed by atoms with Crippen molar-refractivity contribution in [2.45, 2.75) is 19.3 Å². The number of nitrogens with one attached hydrogen (secondary N) is 3. The van der Waals surface area contributed by atoms with Crippen LogP contribution in [0.15, 0.2) is 66.7 Å². The molecule has 8 nitrogen and oxygen atoms in total. The lowest BCUT2D eigenvalue weighted by atomic mass is 9.97. The summed E-state index contributed by atoms with van der Waals surface area (Å²) >= 11 is 0. The Kier molecular flexibility index (Phi) is 6.60. The van der Waals surface area contributed by atoms with Gasteiger partial charge in [-0.15, -0.1) is 0 Å². The van der Waals surface area contributed by atoms with Gasteiger partial charge in [0.25, 0.3) is 5.91 Å². The number of H-pyrrole nitrogens is 1. The number of carbonyl (C=O) groups excluding carboxylic acids is 3. The quantitative estimate of drug-likeness (QED) is 0.539. The zero-order valence-corrected chi connectivity index (χ0v) is 17.6. The van der Waals surface area contributed by atoms with Crippen LogP contribution >= 0.6 is 0 Å². The van der Waals surface area contributed by atoms with E-state index in [1.165, 1.54) is 0 Å². The van der Waals surface area contributed by atoms with Crippen molar-refractivity contribution >= 4 is 17.7 Å². The number of rotatable bonds is 5. The maximum Gasteiger partial charge on any atom is 0.287 e. The highest BCUT2D eigenvalue weighted by Gasteiger charge is 2.28. The monoisotopic (exact) mass is 431 g/mol. The zero-order chi connectivity index (χ0) is 22.3. The number of hydrogen-bond acceptors (Lipinski definition) is 4. The molecule has 1 aromatic heterocycles. The molecule has 8 heteroatoms. The summed E-state index contributed by atoms with van der Waals surface area (Å²) in [5.41, 5.74) is 7.63. The summed E-state index contributed by atoms with van der Waals surface area (Å²) in [6.07, 6.45) is 1.72. The summed E-state index contributed by atoms with van der Waals surface area (Å²) in [5, 5.41) is 6.83. The molecule has 1 aliphatic rings. The highest BCUT2D eigenvalue weighted by atomic mass is 16.2. The number of hydrogen-bond donors (Lipinski definition) is 3. The minimum Gasteiger partial charge on any atom is -0.342 e. The highest BCUT2D eigenvalue weighted by molar-refractivity contribution is 5.95. The van der Waals surface area contributed by atoms with Crippen molar-refractivity contribution in [1.82, 2.24) is 25.9 Å². The molecule has 0 saturated carbocycles. The summed E-state index contributed by atoms with van der Waals surface area (Å²) in [6, 6.07) is 20.7. The van der Waals surface area contributed by atoms with Crippen LogP contribution in [-0.4, -0.2) is 45.9 Å².